The maximum absolute atomic E-state index is 13.4. The summed E-state index contributed by atoms with van der Waals surface area (Å²) in [6, 6.07) is 6.70. The second-order valence-electron chi connectivity index (χ2n) is 9.58. The topological polar surface area (TPSA) is 87.0 Å². The van der Waals surface area contributed by atoms with Crippen molar-refractivity contribution in [1.82, 2.24) is 0 Å². The van der Waals surface area contributed by atoms with Gasteiger partial charge in [0.05, 0.1) is 36.9 Å². The first-order chi connectivity index (χ1) is 16.7. The summed E-state index contributed by atoms with van der Waals surface area (Å²) in [7, 11) is 2.99. The first-order valence-electron chi connectivity index (χ1n) is 11.8. The predicted octanol–water partition coefficient (Wildman–Crippen LogP) is 6.58. The zero-order chi connectivity index (χ0) is 24.9. The number of halogens is 1. The number of rotatable bonds is 4. The molecule has 7 nitrogen and oxygen atoms in total. The molecule has 0 unspecified atom stereocenters. The molecular formula is C27H28ClNO6. The van der Waals surface area contributed by atoms with Crippen molar-refractivity contribution in [1.29, 1.82) is 0 Å². The summed E-state index contributed by atoms with van der Waals surface area (Å²) in [5.74, 6) is 1.71. The number of ketones is 1. The highest BCUT2D eigenvalue weighted by Gasteiger charge is 2.43. The van der Waals surface area contributed by atoms with E-state index in [0.29, 0.717) is 62.4 Å². The van der Waals surface area contributed by atoms with Gasteiger partial charge >= 0.3 is 0 Å². The summed E-state index contributed by atoms with van der Waals surface area (Å²) < 4.78 is 23.0. The Hall–Kier alpha value is -3.19. The van der Waals surface area contributed by atoms with E-state index >= 15 is 0 Å². The standard InChI is InChI=1S/C27H28ClNO6/c1-14-7-9-27(10-8-14)13-18(30)24-20(35-27)6-5-19-23(24)15(2)25(34-19)26(31)29-17-11-16(28)21(32-3)12-22(17)33-4/h5-6,11-12,14H,7-10,13H2,1-4H3,(H,29,31). The van der Waals surface area contributed by atoms with Gasteiger partial charge in [-0.05, 0) is 56.7 Å². The van der Waals surface area contributed by atoms with E-state index < -0.39 is 11.5 Å². The van der Waals surface area contributed by atoms with E-state index in [2.05, 4.69) is 12.2 Å². The molecule has 5 rings (SSSR count). The van der Waals surface area contributed by atoms with E-state index in [1.54, 1.807) is 31.2 Å². The molecule has 1 N–H and O–H groups in total. The first-order valence-corrected chi connectivity index (χ1v) is 12.1. The summed E-state index contributed by atoms with van der Waals surface area (Å²) in [6.45, 7) is 4.02. The zero-order valence-corrected chi connectivity index (χ0v) is 21.0. The van der Waals surface area contributed by atoms with Crippen molar-refractivity contribution in [3.63, 3.8) is 0 Å². The lowest BCUT2D eigenvalue weighted by Crippen LogP contribution is -2.44. The number of Topliss-reactive ketones (excluding diaryl/α,β-unsaturated/α-hetero) is 1. The SMILES string of the molecule is COc1cc(OC)c(NC(=O)c2oc3ccc4c(c3c2C)C(=O)CC2(CCC(C)CC2)O4)cc1Cl. The average Bonchev–Trinajstić information content (AvgIpc) is 3.18. The van der Waals surface area contributed by atoms with E-state index in [-0.39, 0.29) is 11.5 Å². The molecule has 8 heteroatoms. The third-order valence-corrected chi connectivity index (χ3v) is 7.55. The third-order valence-electron chi connectivity index (χ3n) is 7.26. The van der Waals surface area contributed by atoms with E-state index in [9.17, 15) is 9.59 Å². The van der Waals surface area contributed by atoms with Gasteiger partial charge in [-0.15, -0.1) is 0 Å². The van der Waals surface area contributed by atoms with Crippen molar-refractivity contribution in [2.45, 2.75) is 51.6 Å². The lowest BCUT2D eigenvalue weighted by atomic mass is 9.74. The van der Waals surface area contributed by atoms with Gasteiger partial charge in [0.25, 0.3) is 5.91 Å². The zero-order valence-electron chi connectivity index (χ0n) is 20.2. The van der Waals surface area contributed by atoms with E-state index in [0.717, 1.165) is 25.7 Å². The molecule has 0 saturated heterocycles. The summed E-state index contributed by atoms with van der Waals surface area (Å²) in [4.78, 5) is 26.6. The van der Waals surface area contributed by atoms with Crippen LogP contribution in [0.2, 0.25) is 5.02 Å². The van der Waals surface area contributed by atoms with Crippen LogP contribution in [-0.2, 0) is 0 Å². The number of furan rings is 1. The molecule has 0 radical (unpaired) electrons. The van der Waals surface area contributed by atoms with Crippen LogP contribution in [0.5, 0.6) is 17.2 Å². The summed E-state index contributed by atoms with van der Waals surface area (Å²) in [6.07, 6.45) is 4.21. The van der Waals surface area contributed by atoms with Crippen LogP contribution in [0.3, 0.4) is 0 Å². The third kappa shape index (κ3) is 4.01. The lowest BCUT2D eigenvalue weighted by Gasteiger charge is -2.42. The minimum absolute atomic E-state index is 0.0332. The van der Waals surface area contributed by atoms with Crippen LogP contribution < -0.4 is 19.5 Å². The van der Waals surface area contributed by atoms with Crippen molar-refractivity contribution >= 4 is 39.9 Å². The van der Waals surface area contributed by atoms with Crippen molar-refractivity contribution in [3.8, 4) is 17.2 Å². The highest BCUT2D eigenvalue weighted by molar-refractivity contribution is 6.32. The molecule has 2 aliphatic rings. The Morgan fingerprint density at radius 2 is 1.86 bits per heavy atom. The van der Waals surface area contributed by atoms with Crippen molar-refractivity contribution < 1.29 is 28.2 Å². The van der Waals surface area contributed by atoms with Gasteiger partial charge in [0.15, 0.2) is 11.5 Å². The quantitative estimate of drug-likeness (QED) is 0.438. The minimum atomic E-state index is -0.478. The molecular weight excluding hydrogens is 470 g/mol. The summed E-state index contributed by atoms with van der Waals surface area (Å²) in [5, 5.41) is 3.75. The van der Waals surface area contributed by atoms with Crippen molar-refractivity contribution in [2.24, 2.45) is 5.92 Å². The Labute approximate surface area is 208 Å². The van der Waals surface area contributed by atoms with Crippen LogP contribution >= 0.6 is 11.6 Å². The number of fused-ring (bicyclic) bond motifs is 3. The lowest BCUT2D eigenvalue weighted by molar-refractivity contribution is 0.00430. The van der Waals surface area contributed by atoms with Gasteiger partial charge in [0, 0.05) is 17.0 Å². The highest BCUT2D eigenvalue weighted by atomic mass is 35.5. The number of nitrogens with one attached hydrogen (secondary N) is 1. The Morgan fingerprint density at radius 1 is 1.14 bits per heavy atom. The Kier molecular flexibility index (Phi) is 5.91. The van der Waals surface area contributed by atoms with E-state index in [1.165, 1.54) is 14.2 Å². The van der Waals surface area contributed by atoms with Crippen LogP contribution in [0.4, 0.5) is 5.69 Å². The number of ether oxygens (including phenoxy) is 3. The monoisotopic (exact) mass is 497 g/mol. The molecule has 1 aliphatic heterocycles. The summed E-state index contributed by atoms with van der Waals surface area (Å²) in [5.41, 5.74) is 1.50. The second-order valence-corrected chi connectivity index (χ2v) is 9.98. The van der Waals surface area contributed by atoms with Gasteiger partial charge in [-0.1, -0.05) is 18.5 Å². The second kappa shape index (κ2) is 8.79. The van der Waals surface area contributed by atoms with Gasteiger partial charge in [-0.3, -0.25) is 9.59 Å². The molecule has 184 valence electrons. The molecule has 0 atom stereocenters. The average molecular weight is 498 g/mol. The normalized spacial score (nSPS) is 21.5. The molecule has 1 spiro atoms. The van der Waals surface area contributed by atoms with Crippen LogP contribution in [0.1, 0.15) is 65.5 Å². The predicted molar refractivity (Wildman–Crippen MR) is 133 cm³/mol. The van der Waals surface area contributed by atoms with Gasteiger partial charge in [0.1, 0.15) is 28.4 Å². The Balaban J connectivity index is 1.50. The minimum Gasteiger partial charge on any atom is -0.495 e. The maximum atomic E-state index is 13.4. The van der Waals surface area contributed by atoms with Gasteiger partial charge in [-0.2, -0.15) is 0 Å². The van der Waals surface area contributed by atoms with Crippen LogP contribution in [0, 0.1) is 12.8 Å². The number of anilines is 1. The van der Waals surface area contributed by atoms with E-state index in [4.69, 9.17) is 30.2 Å². The number of carbonyl (C=O) groups is 2. The number of carbonyl (C=O) groups excluding carboxylic acids is 2. The fraction of sp³-hybridized carbons (Fsp3) is 0.407. The number of methoxy groups -OCH3 is 2. The Morgan fingerprint density at radius 3 is 2.54 bits per heavy atom. The van der Waals surface area contributed by atoms with Gasteiger partial charge < -0.3 is 23.9 Å². The molecule has 2 aromatic carbocycles. The molecule has 1 amide bonds. The van der Waals surface area contributed by atoms with Crippen molar-refractivity contribution in [2.75, 3.05) is 19.5 Å². The molecule has 1 fully saturated rings. The number of aryl methyl sites for hydroxylation is 1. The fourth-order valence-corrected chi connectivity index (χ4v) is 5.50. The molecule has 3 aromatic rings. The number of amides is 1. The van der Waals surface area contributed by atoms with Crippen LogP contribution in [-0.4, -0.2) is 31.5 Å². The number of hydrogen-bond acceptors (Lipinski definition) is 6. The van der Waals surface area contributed by atoms with Crippen LogP contribution in [0.25, 0.3) is 11.0 Å². The molecule has 1 saturated carbocycles. The smallest absolute Gasteiger partial charge is 0.291 e. The molecule has 2 heterocycles. The molecule has 1 aliphatic carbocycles. The number of benzene rings is 2. The van der Waals surface area contributed by atoms with Gasteiger partial charge in [-0.25, -0.2) is 0 Å². The summed E-state index contributed by atoms with van der Waals surface area (Å²) >= 11 is 6.24. The molecule has 35 heavy (non-hydrogen) atoms. The highest BCUT2D eigenvalue weighted by Crippen LogP contribution is 2.46. The maximum Gasteiger partial charge on any atom is 0.291 e. The molecule has 1 aromatic heterocycles. The molecule has 0 bridgehead atoms. The van der Waals surface area contributed by atoms with Crippen molar-refractivity contribution in [3.05, 3.63) is 46.2 Å². The first kappa shape index (κ1) is 23.5. The number of hydrogen-bond donors (Lipinski definition) is 1. The Bertz CT molecular complexity index is 1340. The largest absolute Gasteiger partial charge is 0.495 e. The van der Waals surface area contributed by atoms with E-state index in [1.807, 2.05) is 0 Å². The van der Waals surface area contributed by atoms with Crippen LogP contribution in [0.15, 0.2) is 28.7 Å². The fourth-order valence-electron chi connectivity index (χ4n) is 5.25. The van der Waals surface area contributed by atoms with Gasteiger partial charge in [0.2, 0.25) is 0 Å².